The minimum atomic E-state index is 0.0571. The van der Waals surface area contributed by atoms with Crippen LogP contribution in [0.2, 0.25) is 5.02 Å². The lowest BCUT2D eigenvalue weighted by atomic mass is 9.94. The zero-order valence-corrected chi connectivity index (χ0v) is 13.0. The van der Waals surface area contributed by atoms with E-state index in [0.717, 1.165) is 27.8 Å². The summed E-state index contributed by atoms with van der Waals surface area (Å²) in [6, 6.07) is 25.3. The van der Waals surface area contributed by atoms with Crippen molar-refractivity contribution in [3.05, 3.63) is 106 Å². The Balaban J connectivity index is 2.06. The molecule has 0 amide bonds. The average Bonchev–Trinajstić information content (AvgIpc) is 2.88. The van der Waals surface area contributed by atoms with Crippen molar-refractivity contribution in [3.8, 4) is 0 Å². The van der Waals surface area contributed by atoms with E-state index in [0.29, 0.717) is 10.6 Å². The number of halogens is 1. The molecule has 0 unspecified atom stereocenters. The van der Waals surface area contributed by atoms with E-state index >= 15 is 0 Å². The van der Waals surface area contributed by atoms with Crippen molar-refractivity contribution in [1.82, 2.24) is 0 Å². The first-order valence-electron chi connectivity index (χ1n) is 7.45. The van der Waals surface area contributed by atoms with Gasteiger partial charge in [-0.3, -0.25) is 4.79 Å². The van der Waals surface area contributed by atoms with Gasteiger partial charge >= 0.3 is 0 Å². The molecule has 1 aliphatic rings. The van der Waals surface area contributed by atoms with Gasteiger partial charge in [-0.2, -0.15) is 0 Å². The van der Waals surface area contributed by atoms with Crippen molar-refractivity contribution in [2.75, 3.05) is 0 Å². The zero-order chi connectivity index (χ0) is 15.8. The molecule has 3 aromatic carbocycles. The highest BCUT2D eigenvalue weighted by Gasteiger charge is 2.31. The fourth-order valence-corrected chi connectivity index (χ4v) is 3.26. The van der Waals surface area contributed by atoms with E-state index in [9.17, 15) is 4.79 Å². The van der Waals surface area contributed by atoms with Crippen LogP contribution in [0.1, 0.15) is 27.0 Å². The number of carbonyl (C=O) groups excluding carboxylic acids is 1. The van der Waals surface area contributed by atoms with Gasteiger partial charge in [-0.05, 0) is 34.9 Å². The SMILES string of the molecule is O=C1C(c2ccccc2)=C(c2ccccc2)c2cc(Cl)ccc21. The normalized spacial score (nSPS) is 13.3. The van der Waals surface area contributed by atoms with Gasteiger partial charge in [-0.25, -0.2) is 0 Å². The van der Waals surface area contributed by atoms with Gasteiger partial charge in [0.1, 0.15) is 0 Å². The third-order valence-electron chi connectivity index (χ3n) is 4.10. The van der Waals surface area contributed by atoms with Gasteiger partial charge in [0.25, 0.3) is 0 Å². The second-order valence-corrected chi connectivity index (χ2v) is 5.94. The Hall–Kier alpha value is -2.64. The molecule has 2 heteroatoms. The van der Waals surface area contributed by atoms with Crippen LogP contribution in [-0.4, -0.2) is 5.78 Å². The summed E-state index contributed by atoms with van der Waals surface area (Å²) >= 11 is 6.18. The van der Waals surface area contributed by atoms with Gasteiger partial charge in [0, 0.05) is 21.7 Å². The van der Waals surface area contributed by atoms with E-state index in [4.69, 9.17) is 11.6 Å². The lowest BCUT2D eigenvalue weighted by molar-refractivity contribution is 0.105. The molecule has 4 rings (SSSR count). The number of ketones is 1. The van der Waals surface area contributed by atoms with Gasteiger partial charge in [-0.1, -0.05) is 72.3 Å². The molecular weight excluding hydrogens is 304 g/mol. The van der Waals surface area contributed by atoms with Crippen LogP contribution in [0.15, 0.2) is 78.9 Å². The average molecular weight is 317 g/mol. The summed E-state index contributed by atoms with van der Waals surface area (Å²) in [4.78, 5) is 13.0. The number of hydrogen-bond donors (Lipinski definition) is 0. The molecule has 0 saturated heterocycles. The Morgan fingerprint density at radius 2 is 1.17 bits per heavy atom. The third kappa shape index (κ3) is 2.30. The number of rotatable bonds is 2. The van der Waals surface area contributed by atoms with Crippen LogP contribution in [-0.2, 0) is 0 Å². The summed E-state index contributed by atoms with van der Waals surface area (Å²) in [5.74, 6) is 0.0571. The van der Waals surface area contributed by atoms with Crippen molar-refractivity contribution in [3.63, 3.8) is 0 Å². The molecule has 0 aliphatic heterocycles. The van der Waals surface area contributed by atoms with Crippen LogP contribution in [0.4, 0.5) is 0 Å². The van der Waals surface area contributed by atoms with E-state index in [-0.39, 0.29) is 5.78 Å². The summed E-state index contributed by atoms with van der Waals surface area (Å²) < 4.78 is 0. The standard InChI is InChI=1S/C21H13ClO/c22-16-11-12-17-18(13-16)19(14-7-3-1-4-8-14)20(21(17)23)15-9-5-2-6-10-15/h1-13H. The fourth-order valence-electron chi connectivity index (χ4n) is 3.09. The quantitative estimate of drug-likeness (QED) is 0.610. The number of benzene rings is 3. The van der Waals surface area contributed by atoms with E-state index in [1.807, 2.05) is 72.8 Å². The summed E-state index contributed by atoms with van der Waals surface area (Å²) in [5.41, 5.74) is 5.29. The Morgan fingerprint density at radius 1 is 0.609 bits per heavy atom. The molecule has 0 spiro atoms. The molecule has 0 N–H and O–H groups in total. The number of allylic oxidation sites excluding steroid dienone is 1. The Morgan fingerprint density at radius 3 is 1.78 bits per heavy atom. The highest BCUT2D eigenvalue weighted by molar-refractivity contribution is 6.42. The van der Waals surface area contributed by atoms with Crippen LogP contribution in [0.25, 0.3) is 11.1 Å². The lowest BCUT2D eigenvalue weighted by Gasteiger charge is -2.08. The lowest BCUT2D eigenvalue weighted by Crippen LogP contribution is -1.98. The topological polar surface area (TPSA) is 17.1 Å². The summed E-state index contributed by atoms with van der Waals surface area (Å²) in [6.45, 7) is 0. The van der Waals surface area contributed by atoms with Gasteiger partial charge in [0.15, 0.2) is 5.78 Å². The van der Waals surface area contributed by atoms with Crippen LogP contribution in [0.3, 0.4) is 0 Å². The monoisotopic (exact) mass is 316 g/mol. The predicted molar refractivity (Wildman–Crippen MR) is 94.6 cm³/mol. The first-order valence-corrected chi connectivity index (χ1v) is 7.83. The maximum Gasteiger partial charge on any atom is 0.194 e. The Bertz CT molecular complexity index is 925. The molecule has 0 fully saturated rings. The molecular formula is C21H13ClO. The van der Waals surface area contributed by atoms with Gasteiger partial charge < -0.3 is 0 Å². The molecule has 1 aliphatic carbocycles. The number of Topliss-reactive ketones (excluding diaryl/α,β-unsaturated/α-hetero) is 1. The highest BCUT2D eigenvalue weighted by Crippen LogP contribution is 2.42. The molecule has 23 heavy (non-hydrogen) atoms. The molecule has 3 aromatic rings. The first kappa shape index (κ1) is 14.0. The van der Waals surface area contributed by atoms with Crippen molar-refractivity contribution < 1.29 is 4.79 Å². The Kier molecular flexibility index (Phi) is 3.36. The predicted octanol–water partition coefficient (Wildman–Crippen LogP) is 5.50. The number of hydrogen-bond acceptors (Lipinski definition) is 1. The van der Waals surface area contributed by atoms with E-state index < -0.39 is 0 Å². The molecule has 0 saturated carbocycles. The summed E-state index contributed by atoms with van der Waals surface area (Å²) in [5, 5.41) is 0.638. The highest BCUT2D eigenvalue weighted by atomic mass is 35.5. The molecule has 0 atom stereocenters. The van der Waals surface area contributed by atoms with Crippen LogP contribution >= 0.6 is 11.6 Å². The van der Waals surface area contributed by atoms with Crippen molar-refractivity contribution in [2.45, 2.75) is 0 Å². The van der Waals surface area contributed by atoms with Gasteiger partial charge in [0.05, 0.1) is 0 Å². The van der Waals surface area contributed by atoms with Crippen molar-refractivity contribution in [2.24, 2.45) is 0 Å². The number of fused-ring (bicyclic) bond motifs is 1. The van der Waals surface area contributed by atoms with Gasteiger partial charge in [0.2, 0.25) is 0 Å². The smallest absolute Gasteiger partial charge is 0.194 e. The maximum absolute atomic E-state index is 13.0. The summed E-state index contributed by atoms with van der Waals surface area (Å²) in [6.07, 6.45) is 0. The minimum absolute atomic E-state index is 0.0571. The molecule has 110 valence electrons. The maximum atomic E-state index is 13.0. The molecule has 1 nitrogen and oxygen atoms in total. The Labute approximate surface area is 139 Å². The number of carbonyl (C=O) groups is 1. The van der Waals surface area contributed by atoms with Crippen LogP contribution in [0, 0.1) is 0 Å². The van der Waals surface area contributed by atoms with E-state index in [1.165, 1.54) is 0 Å². The van der Waals surface area contributed by atoms with Crippen molar-refractivity contribution in [1.29, 1.82) is 0 Å². The largest absolute Gasteiger partial charge is 0.289 e. The van der Waals surface area contributed by atoms with Crippen LogP contribution < -0.4 is 0 Å². The first-order chi connectivity index (χ1) is 11.3. The summed E-state index contributed by atoms with van der Waals surface area (Å²) in [7, 11) is 0. The van der Waals surface area contributed by atoms with E-state index in [2.05, 4.69) is 0 Å². The fraction of sp³-hybridized carbons (Fsp3) is 0. The molecule has 0 radical (unpaired) electrons. The molecule has 0 bridgehead atoms. The van der Waals surface area contributed by atoms with E-state index in [1.54, 1.807) is 6.07 Å². The van der Waals surface area contributed by atoms with Crippen molar-refractivity contribution >= 4 is 28.5 Å². The second-order valence-electron chi connectivity index (χ2n) is 5.50. The molecule has 0 aromatic heterocycles. The van der Waals surface area contributed by atoms with Crippen LogP contribution in [0.5, 0.6) is 0 Å². The third-order valence-corrected chi connectivity index (χ3v) is 4.33. The minimum Gasteiger partial charge on any atom is -0.289 e. The second kappa shape index (κ2) is 5.53. The molecule has 0 heterocycles. The van der Waals surface area contributed by atoms with Gasteiger partial charge in [-0.15, -0.1) is 0 Å². The zero-order valence-electron chi connectivity index (χ0n) is 12.3.